The maximum absolute atomic E-state index is 5.80. The summed E-state index contributed by atoms with van der Waals surface area (Å²) in [5.41, 5.74) is 6.02. The SMILES string of the molecule is CC(C)NC1(CN)CSC(C)C1. The van der Waals surface area contributed by atoms with Gasteiger partial charge in [0, 0.05) is 29.1 Å². The van der Waals surface area contributed by atoms with Gasteiger partial charge >= 0.3 is 0 Å². The van der Waals surface area contributed by atoms with Gasteiger partial charge in [0.25, 0.3) is 0 Å². The topological polar surface area (TPSA) is 38.0 Å². The van der Waals surface area contributed by atoms with E-state index in [-0.39, 0.29) is 5.54 Å². The van der Waals surface area contributed by atoms with Crippen LogP contribution in [-0.4, -0.2) is 29.1 Å². The highest BCUT2D eigenvalue weighted by atomic mass is 32.2. The summed E-state index contributed by atoms with van der Waals surface area (Å²) in [7, 11) is 0. The molecule has 0 aromatic rings. The van der Waals surface area contributed by atoms with Gasteiger partial charge in [-0.1, -0.05) is 20.8 Å². The van der Waals surface area contributed by atoms with Crippen LogP contribution >= 0.6 is 11.8 Å². The molecule has 1 fully saturated rings. The molecule has 0 radical (unpaired) electrons. The van der Waals surface area contributed by atoms with E-state index in [4.69, 9.17) is 5.73 Å². The fraction of sp³-hybridized carbons (Fsp3) is 1.00. The van der Waals surface area contributed by atoms with Crippen molar-refractivity contribution in [2.45, 2.75) is 44.0 Å². The predicted octanol–water partition coefficient (Wildman–Crippen LogP) is 1.21. The molecule has 0 saturated carbocycles. The number of rotatable bonds is 3. The van der Waals surface area contributed by atoms with Crippen molar-refractivity contribution in [1.29, 1.82) is 0 Å². The van der Waals surface area contributed by atoms with Gasteiger partial charge in [-0.3, -0.25) is 0 Å². The van der Waals surface area contributed by atoms with Crippen molar-refractivity contribution in [3.8, 4) is 0 Å². The van der Waals surface area contributed by atoms with Crippen molar-refractivity contribution in [2.24, 2.45) is 5.73 Å². The minimum Gasteiger partial charge on any atom is -0.329 e. The molecule has 1 aliphatic rings. The Morgan fingerprint density at radius 2 is 2.33 bits per heavy atom. The van der Waals surface area contributed by atoms with E-state index >= 15 is 0 Å². The van der Waals surface area contributed by atoms with Crippen LogP contribution in [-0.2, 0) is 0 Å². The quantitative estimate of drug-likeness (QED) is 0.699. The molecule has 0 aromatic carbocycles. The Morgan fingerprint density at radius 3 is 2.67 bits per heavy atom. The van der Waals surface area contributed by atoms with Gasteiger partial charge in [0.1, 0.15) is 0 Å². The van der Waals surface area contributed by atoms with Gasteiger partial charge < -0.3 is 11.1 Å². The van der Waals surface area contributed by atoms with Crippen molar-refractivity contribution in [1.82, 2.24) is 5.32 Å². The number of nitrogens with two attached hydrogens (primary N) is 1. The summed E-state index contributed by atoms with van der Waals surface area (Å²) >= 11 is 2.03. The van der Waals surface area contributed by atoms with Crippen LogP contribution in [0.4, 0.5) is 0 Å². The molecular formula is C9H20N2S. The molecule has 1 saturated heterocycles. The average molecular weight is 188 g/mol. The smallest absolute Gasteiger partial charge is 0.0407 e. The van der Waals surface area contributed by atoms with Crippen molar-refractivity contribution in [3.05, 3.63) is 0 Å². The van der Waals surface area contributed by atoms with Gasteiger partial charge in [0.05, 0.1) is 0 Å². The first kappa shape index (κ1) is 10.4. The first-order valence-electron chi connectivity index (χ1n) is 4.67. The Labute approximate surface area is 79.7 Å². The second-order valence-electron chi connectivity index (χ2n) is 4.11. The Morgan fingerprint density at radius 1 is 1.67 bits per heavy atom. The monoisotopic (exact) mass is 188 g/mol. The third-order valence-electron chi connectivity index (χ3n) is 2.31. The van der Waals surface area contributed by atoms with Crippen molar-refractivity contribution in [3.63, 3.8) is 0 Å². The molecule has 0 aliphatic carbocycles. The van der Waals surface area contributed by atoms with Crippen LogP contribution in [0.25, 0.3) is 0 Å². The van der Waals surface area contributed by atoms with E-state index in [2.05, 4.69) is 26.1 Å². The van der Waals surface area contributed by atoms with E-state index < -0.39 is 0 Å². The molecule has 1 rings (SSSR count). The normalized spacial score (nSPS) is 36.2. The van der Waals surface area contributed by atoms with Crippen molar-refractivity contribution >= 4 is 11.8 Å². The molecule has 0 spiro atoms. The summed E-state index contributed by atoms with van der Waals surface area (Å²) in [4.78, 5) is 0. The lowest BCUT2D eigenvalue weighted by Crippen LogP contribution is -2.54. The molecule has 1 heterocycles. The maximum atomic E-state index is 5.80. The minimum atomic E-state index is 0.220. The third-order valence-corrected chi connectivity index (χ3v) is 3.76. The van der Waals surface area contributed by atoms with E-state index in [1.54, 1.807) is 0 Å². The molecule has 2 unspecified atom stereocenters. The molecular weight excluding hydrogens is 168 g/mol. The largest absolute Gasteiger partial charge is 0.329 e. The fourth-order valence-corrected chi connectivity index (χ4v) is 3.24. The molecule has 0 amide bonds. The first-order valence-corrected chi connectivity index (χ1v) is 5.72. The zero-order valence-corrected chi connectivity index (χ0v) is 9.08. The highest BCUT2D eigenvalue weighted by Gasteiger charge is 2.36. The van der Waals surface area contributed by atoms with Crippen LogP contribution in [0.1, 0.15) is 27.2 Å². The predicted molar refractivity (Wildman–Crippen MR) is 56.6 cm³/mol. The van der Waals surface area contributed by atoms with Gasteiger partial charge in [0.15, 0.2) is 0 Å². The standard InChI is InChI=1S/C9H20N2S/c1-7(2)11-9(5-10)4-8(3)12-6-9/h7-8,11H,4-6,10H2,1-3H3. The van der Waals surface area contributed by atoms with Gasteiger partial charge in [-0.25, -0.2) is 0 Å². The summed E-state index contributed by atoms with van der Waals surface area (Å²) in [6.07, 6.45) is 1.21. The summed E-state index contributed by atoms with van der Waals surface area (Å²) in [5, 5.41) is 4.35. The molecule has 3 N–H and O–H groups in total. The lowest BCUT2D eigenvalue weighted by Gasteiger charge is -2.30. The van der Waals surface area contributed by atoms with Crippen LogP contribution in [0, 0.1) is 0 Å². The fourth-order valence-electron chi connectivity index (χ4n) is 1.88. The molecule has 72 valence electrons. The summed E-state index contributed by atoms with van der Waals surface area (Å²) in [5.74, 6) is 1.17. The first-order chi connectivity index (χ1) is 5.58. The Hall–Kier alpha value is 0.270. The molecule has 3 heteroatoms. The van der Waals surface area contributed by atoms with E-state index in [9.17, 15) is 0 Å². The second kappa shape index (κ2) is 3.99. The minimum absolute atomic E-state index is 0.220. The van der Waals surface area contributed by atoms with Gasteiger partial charge in [-0.15, -0.1) is 0 Å². The number of hydrogen-bond donors (Lipinski definition) is 2. The van der Waals surface area contributed by atoms with E-state index in [1.807, 2.05) is 11.8 Å². The molecule has 2 atom stereocenters. The Bertz CT molecular complexity index is 149. The average Bonchev–Trinajstić information content (AvgIpc) is 2.32. The van der Waals surface area contributed by atoms with Crippen molar-refractivity contribution in [2.75, 3.05) is 12.3 Å². The maximum Gasteiger partial charge on any atom is 0.0407 e. The highest BCUT2D eigenvalue weighted by Crippen LogP contribution is 2.33. The number of thioether (sulfide) groups is 1. The molecule has 12 heavy (non-hydrogen) atoms. The number of hydrogen-bond acceptors (Lipinski definition) is 3. The van der Waals surface area contributed by atoms with Crippen LogP contribution in [0.5, 0.6) is 0 Å². The van der Waals surface area contributed by atoms with Crippen LogP contribution in [0.3, 0.4) is 0 Å². The summed E-state index contributed by atoms with van der Waals surface area (Å²) in [6, 6.07) is 0.541. The van der Waals surface area contributed by atoms with E-state index in [1.165, 1.54) is 12.2 Å². The van der Waals surface area contributed by atoms with E-state index in [0.717, 1.165) is 11.8 Å². The van der Waals surface area contributed by atoms with Crippen molar-refractivity contribution < 1.29 is 0 Å². The lowest BCUT2D eigenvalue weighted by atomic mass is 9.95. The van der Waals surface area contributed by atoms with Gasteiger partial charge in [-0.05, 0) is 6.42 Å². The van der Waals surface area contributed by atoms with Crippen LogP contribution < -0.4 is 11.1 Å². The second-order valence-corrected chi connectivity index (χ2v) is 5.54. The summed E-state index contributed by atoms with van der Waals surface area (Å²) in [6.45, 7) is 7.42. The molecule has 0 aromatic heterocycles. The van der Waals surface area contributed by atoms with Gasteiger partial charge in [0.2, 0.25) is 0 Å². The zero-order chi connectivity index (χ0) is 9.19. The molecule has 2 nitrogen and oxygen atoms in total. The third kappa shape index (κ3) is 2.38. The summed E-state index contributed by atoms with van der Waals surface area (Å²) < 4.78 is 0. The zero-order valence-electron chi connectivity index (χ0n) is 8.26. The lowest BCUT2D eigenvalue weighted by molar-refractivity contribution is 0.332. The number of nitrogens with one attached hydrogen (secondary N) is 1. The Balaban J connectivity index is 2.52. The van der Waals surface area contributed by atoms with Gasteiger partial charge in [-0.2, -0.15) is 11.8 Å². The Kier molecular flexibility index (Phi) is 3.44. The van der Waals surface area contributed by atoms with Crippen LogP contribution in [0.2, 0.25) is 0 Å². The highest BCUT2D eigenvalue weighted by molar-refractivity contribution is 8.00. The van der Waals surface area contributed by atoms with Crippen LogP contribution in [0.15, 0.2) is 0 Å². The van der Waals surface area contributed by atoms with E-state index in [0.29, 0.717) is 6.04 Å². The molecule has 0 bridgehead atoms. The molecule has 1 aliphatic heterocycles.